The molecule has 122 valence electrons. The van der Waals surface area contributed by atoms with E-state index >= 15 is 0 Å². The summed E-state index contributed by atoms with van der Waals surface area (Å²) in [4.78, 5) is 47.2. The highest BCUT2D eigenvalue weighted by Gasteiger charge is 2.64. The predicted octanol–water partition coefficient (Wildman–Crippen LogP) is 1.27. The Morgan fingerprint density at radius 1 is 1.30 bits per heavy atom. The fraction of sp³-hybridized carbons (Fsp3) is 0.231. The first-order valence-corrected chi connectivity index (χ1v) is 6.65. The zero-order chi connectivity index (χ0) is 17.2. The maximum absolute atomic E-state index is 11.9. The van der Waals surface area contributed by atoms with Crippen LogP contribution in [0, 0.1) is 5.92 Å². The van der Waals surface area contributed by atoms with Gasteiger partial charge in [0.2, 0.25) is 0 Å². The number of hydrogen-bond acceptors (Lipinski definition) is 7. The highest BCUT2D eigenvalue weighted by molar-refractivity contribution is 6.31. The molecule has 1 heterocycles. The maximum atomic E-state index is 11.9. The standard InChI is InChI=1S/C13H10ClNO8/c14-9-4-2-1-3-7(9)6-22-12(18)8-5-10(16)15(21,11(8)17)23-13(19)20/h1-4,8,21H,5-6H2/p+1. The van der Waals surface area contributed by atoms with Gasteiger partial charge < -0.3 is 9.84 Å². The number of hydroxylamine groups is 4. The Morgan fingerprint density at radius 2 is 1.96 bits per heavy atom. The summed E-state index contributed by atoms with van der Waals surface area (Å²) in [6.45, 7) is -0.248. The van der Waals surface area contributed by atoms with Gasteiger partial charge in [0.1, 0.15) is 11.4 Å². The Kier molecular flexibility index (Phi) is 4.64. The third-order valence-corrected chi connectivity index (χ3v) is 3.50. The van der Waals surface area contributed by atoms with Crippen LogP contribution in [0.4, 0.5) is 4.79 Å². The fourth-order valence-corrected chi connectivity index (χ4v) is 2.17. The lowest BCUT2D eigenvalue weighted by molar-refractivity contribution is -1.12. The van der Waals surface area contributed by atoms with Crippen LogP contribution in [-0.4, -0.2) is 39.1 Å². The van der Waals surface area contributed by atoms with E-state index in [2.05, 4.69) is 4.84 Å². The Morgan fingerprint density at radius 3 is 2.57 bits per heavy atom. The van der Waals surface area contributed by atoms with E-state index in [0.717, 1.165) is 0 Å². The summed E-state index contributed by atoms with van der Waals surface area (Å²) < 4.78 is 4.89. The summed E-state index contributed by atoms with van der Waals surface area (Å²) in [5, 5.41) is 18.4. The van der Waals surface area contributed by atoms with Gasteiger partial charge in [0.15, 0.2) is 5.92 Å². The number of halogens is 1. The van der Waals surface area contributed by atoms with Gasteiger partial charge in [-0.25, -0.2) is 9.59 Å². The first-order valence-electron chi connectivity index (χ1n) is 6.28. The second-order valence-electron chi connectivity index (χ2n) is 4.62. The van der Waals surface area contributed by atoms with Gasteiger partial charge in [-0.2, -0.15) is 14.8 Å². The van der Waals surface area contributed by atoms with Crippen LogP contribution < -0.4 is 0 Å². The van der Waals surface area contributed by atoms with E-state index in [-0.39, 0.29) is 6.61 Å². The normalized spacial score (nSPS) is 23.7. The average molecular weight is 345 g/mol. The zero-order valence-electron chi connectivity index (χ0n) is 11.5. The summed E-state index contributed by atoms with van der Waals surface area (Å²) in [6.07, 6.45) is -2.77. The Hall–Kier alpha value is -2.49. The first kappa shape index (κ1) is 16.9. The number of ether oxygens (including phenoxy) is 1. The number of esters is 1. The number of benzene rings is 1. The maximum Gasteiger partial charge on any atom is 0.561 e. The van der Waals surface area contributed by atoms with Gasteiger partial charge in [-0.15, -0.1) is 0 Å². The Bertz CT molecular complexity index is 690. The fourth-order valence-electron chi connectivity index (χ4n) is 1.98. The largest absolute Gasteiger partial charge is 0.561 e. The number of quaternary nitrogens is 1. The van der Waals surface area contributed by atoms with E-state index in [1.165, 1.54) is 0 Å². The molecule has 2 rings (SSSR count). The Balaban J connectivity index is 2.06. The van der Waals surface area contributed by atoms with E-state index in [0.29, 0.717) is 10.6 Å². The van der Waals surface area contributed by atoms with E-state index in [1.807, 2.05) is 0 Å². The second-order valence-corrected chi connectivity index (χ2v) is 5.03. The number of nitrogens with zero attached hydrogens (tertiary/aromatic N) is 1. The van der Waals surface area contributed by atoms with E-state index in [4.69, 9.17) is 21.4 Å². The van der Waals surface area contributed by atoms with Crippen molar-refractivity contribution in [3.8, 4) is 0 Å². The zero-order valence-corrected chi connectivity index (χ0v) is 12.2. The molecule has 0 saturated carbocycles. The van der Waals surface area contributed by atoms with Crippen molar-refractivity contribution in [1.82, 2.24) is 0 Å². The molecule has 2 N–H and O–H groups in total. The SMILES string of the molecule is O=C(O)O[N+]1(O)C(=O)CC(C(=O)OCc2ccccc2Cl)C1=O. The molecule has 2 amide bonds. The number of imide groups is 1. The summed E-state index contributed by atoms with van der Waals surface area (Å²) in [6, 6.07) is 6.51. The number of carbonyl (C=O) groups is 4. The molecule has 23 heavy (non-hydrogen) atoms. The topological polar surface area (TPSA) is 127 Å². The number of carbonyl (C=O) groups excluding carboxylic acids is 3. The van der Waals surface area contributed by atoms with Crippen LogP contribution in [0.5, 0.6) is 0 Å². The van der Waals surface area contributed by atoms with Crippen LogP contribution in [0.3, 0.4) is 0 Å². The lowest BCUT2D eigenvalue weighted by Crippen LogP contribution is -2.51. The van der Waals surface area contributed by atoms with Gasteiger partial charge >= 0.3 is 23.9 Å². The van der Waals surface area contributed by atoms with Gasteiger partial charge in [0, 0.05) is 10.6 Å². The van der Waals surface area contributed by atoms with Crippen molar-refractivity contribution >= 4 is 35.5 Å². The van der Waals surface area contributed by atoms with Crippen LogP contribution in [0.2, 0.25) is 5.02 Å². The molecule has 1 aromatic rings. The molecule has 2 unspecified atom stereocenters. The minimum atomic E-state index is -2.43. The second kappa shape index (κ2) is 6.32. The minimum Gasteiger partial charge on any atom is -0.460 e. The van der Waals surface area contributed by atoms with Crippen LogP contribution in [-0.2, 0) is 30.6 Å². The molecular weight excluding hydrogens is 334 g/mol. The molecule has 2 atom stereocenters. The summed E-state index contributed by atoms with van der Waals surface area (Å²) in [7, 11) is 0. The molecule has 0 aliphatic carbocycles. The molecule has 0 spiro atoms. The highest BCUT2D eigenvalue weighted by Crippen LogP contribution is 2.28. The first-order chi connectivity index (χ1) is 10.8. The van der Waals surface area contributed by atoms with E-state index < -0.39 is 41.1 Å². The van der Waals surface area contributed by atoms with Crippen molar-refractivity contribution in [2.75, 3.05) is 0 Å². The van der Waals surface area contributed by atoms with Crippen molar-refractivity contribution in [2.24, 2.45) is 5.92 Å². The van der Waals surface area contributed by atoms with Crippen molar-refractivity contribution in [3.63, 3.8) is 0 Å². The van der Waals surface area contributed by atoms with Gasteiger partial charge in [-0.1, -0.05) is 29.8 Å². The molecule has 1 aromatic carbocycles. The molecular formula is C13H11ClNO8+. The lowest BCUT2D eigenvalue weighted by atomic mass is 10.1. The van der Waals surface area contributed by atoms with Gasteiger partial charge in [-0.3, -0.25) is 4.79 Å². The van der Waals surface area contributed by atoms with Crippen LogP contribution in [0.1, 0.15) is 12.0 Å². The molecule has 0 radical (unpaired) electrons. The molecule has 0 bridgehead atoms. The molecule has 0 aromatic heterocycles. The molecule has 10 heteroatoms. The van der Waals surface area contributed by atoms with Crippen LogP contribution >= 0.6 is 11.6 Å². The third kappa shape index (κ3) is 3.31. The summed E-state index contributed by atoms with van der Waals surface area (Å²) in [5.41, 5.74) is 0.478. The smallest absolute Gasteiger partial charge is 0.460 e. The van der Waals surface area contributed by atoms with E-state index in [1.54, 1.807) is 24.3 Å². The van der Waals surface area contributed by atoms with Gasteiger partial charge in [0.05, 0.1) is 6.42 Å². The van der Waals surface area contributed by atoms with Crippen molar-refractivity contribution < 1.29 is 43.9 Å². The van der Waals surface area contributed by atoms with E-state index in [9.17, 15) is 24.4 Å². The van der Waals surface area contributed by atoms with Crippen molar-refractivity contribution in [1.29, 1.82) is 0 Å². The number of amides is 2. The lowest BCUT2D eigenvalue weighted by Gasteiger charge is -2.14. The number of rotatable bonds is 4. The average Bonchev–Trinajstić information content (AvgIpc) is 2.70. The van der Waals surface area contributed by atoms with Crippen molar-refractivity contribution in [2.45, 2.75) is 13.0 Å². The monoisotopic (exact) mass is 344 g/mol. The predicted molar refractivity (Wildman–Crippen MR) is 70.5 cm³/mol. The molecule has 1 aliphatic rings. The van der Waals surface area contributed by atoms with Crippen LogP contribution in [0.15, 0.2) is 24.3 Å². The molecule has 1 saturated heterocycles. The van der Waals surface area contributed by atoms with Crippen molar-refractivity contribution in [3.05, 3.63) is 34.9 Å². The minimum absolute atomic E-state index is 0.248. The number of carboxylic acid groups (broad SMARTS) is 1. The summed E-state index contributed by atoms with van der Waals surface area (Å²) in [5.74, 6) is -5.46. The van der Waals surface area contributed by atoms with Gasteiger partial charge in [0.25, 0.3) is 0 Å². The molecule has 1 aliphatic heterocycles. The highest BCUT2D eigenvalue weighted by atomic mass is 35.5. The Labute approximate surface area is 134 Å². The van der Waals surface area contributed by atoms with Crippen LogP contribution in [0.25, 0.3) is 0 Å². The number of hydrogen-bond donors (Lipinski definition) is 2. The van der Waals surface area contributed by atoms with Gasteiger partial charge in [-0.05, 0) is 6.07 Å². The molecule has 9 nitrogen and oxygen atoms in total. The summed E-state index contributed by atoms with van der Waals surface area (Å²) >= 11 is 5.88. The molecule has 1 fully saturated rings. The quantitative estimate of drug-likeness (QED) is 0.275. The third-order valence-electron chi connectivity index (χ3n) is 3.14.